The van der Waals surface area contributed by atoms with Crippen LogP contribution in [0.1, 0.15) is 0 Å². The maximum absolute atomic E-state index is 3.44. The first-order valence-corrected chi connectivity index (χ1v) is 8.09. The average Bonchev–Trinajstić information content (AvgIpc) is 2.27. The maximum atomic E-state index is 3.44. The molecule has 0 aromatic rings. The molecule has 1 rings (SSSR count). The van der Waals surface area contributed by atoms with Crippen molar-refractivity contribution < 1.29 is 0 Å². The van der Waals surface area contributed by atoms with Crippen molar-refractivity contribution in [2.75, 3.05) is 62.3 Å². The van der Waals surface area contributed by atoms with Gasteiger partial charge in [-0.3, -0.25) is 0 Å². The molecule has 0 radical (unpaired) electrons. The topological polar surface area (TPSA) is 36.1 Å². The van der Waals surface area contributed by atoms with Crippen LogP contribution in [0.5, 0.6) is 0 Å². The van der Waals surface area contributed by atoms with E-state index in [9.17, 15) is 0 Å². The molecule has 0 amide bonds. The summed E-state index contributed by atoms with van der Waals surface area (Å²) in [5.74, 6) is 5.09. The number of hydrogen-bond donors (Lipinski definition) is 3. The Balaban J connectivity index is 2.01. The minimum absolute atomic E-state index is 1.08. The molecule has 0 saturated carbocycles. The maximum Gasteiger partial charge on any atom is 0.00772 e. The average molecular weight is 249 g/mol. The summed E-state index contributed by atoms with van der Waals surface area (Å²) >= 11 is 4.12. The minimum Gasteiger partial charge on any atom is -0.315 e. The summed E-state index contributed by atoms with van der Waals surface area (Å²) in [4.78, 5) is 0. The Bertz CT molecular complexity index is 77.2. The molecule has 0 aliphatic carbocycles. The van der Waals surface area contributed by atoms with E-state index in [1.807, 2.05) is 0 Å². The van der Waals surface area contributed by atoms with Crippen molar-refractivity contribution in [1.82, 2.24) is 16.0 Å². The summed E-state index contributed by atoms with van der Waals surface area (Å²) in [5, 5.41) is 10.3. The van der Waals surface area contributed by atoms with Crippen molar-refractivity contribution in [2.45, 2.75) is 0 Å². The molecular weight excluding hydrogens is 226 g/mol. The second-order valence-electron chi connectivity index (χ2n) is 3.47. The molecule has 90 valence electrons. The molecule has 15 heavy (non-hydrogen) atoms. The van der Waals surface area contributed by atoms with E-state index in [-0.39, 0.29) is 0 Å². The van der Waals surface area contributed by atoms with Gasteiger partial charge >= 0.3 is 0 Å². The zero-order valence-electron chi connectivity index (χ0n) is 9.39. The van der Waals surface area contributed by atoms with Gasteiger partial charge in [-0.25, -0.2) is 0 Å². The molecule has 5 heteroatoms. The van der Waals surface area contributed by atoms with E-state index in [1.165, 1.54) is 23.0 Å². The SMILES string of the molecule is C1CNCCSCCSCCNCCN1. The third-order valence-corrected chi connectivity index (χ3v) is 4.41. The van der Waals surface area contributed by atoms with Crippen LogP contribution in [0.25, 0.3) is 0 Å². The van der Waals surface area contributed by atoms with Gasteiger partial charge in [0.15, 0.2) is 0 Å². The highest BCUT2D eigenvalue weighted by Gasteiger charge is 1.94. The van der Waals surface area contributed by atoms with Crippen LogP contribution in [0.4, 0.5) is 0 Å². The van der Waals surface area contributed by atoms with Crippen LogP contribution in [0.3, 0.4) is 0 Å². The van der Waals surface area contributed by atoms with E-state index < -0.39 is 0 Å². The highest BCUT2D eigenvalue weighted by molar-refractivity contribution is 8.02. The Kier molecular flexibility index (Phi) is 10.1. The lowest BCUT2D eigenvalue weighted by atomic mass is 10.5. The van der Waals surface area contributed by atoms with Gasteiger partial charge in [0, 0.05) is 62.3 Å². The molecule has 0 aromatic carbocycles. The smallest absolute Gasteiger partial charge is 0.00772 e. The monoisotopic (exact) mass is 249 g/mol. The molecule has 3 nitrogen and oxygen atoms in total. The van der Waals surface area contributed by atoms with Crippen molar-refractivity contribution >= 4 is 23.5 Å². The van der Waals surface area contributed by atoms with Crippen LogP contribution in [0.15, 0.2) is 0 Å². The predicted molar refractivity (Wildman–Crippen MR) is 73.3 cm³/mol. The second-order valence-corrected chi connectivity index (χ2v) is 5.92. The zero-order chi connectivity index (χ0) is 10.6. The summed E-state index contributed by atoms with van der Waals surface area (Å²) in [6, 6.07) is 0. The third kappa shape index (κ3) is 9.51. The van der Waals surface area contributed by atoms with Crippen molar-refractivity contribution in [2.24, 2.45) is 0 Å². The molecule has 1 fully saturated rings. The lowest BCUT2D eigenvalue weighted by Crippen LogP contribution is -2.33. The molecular formula is C10H23N3S2. The fraction of sp³-hybridized carbons (Fsp3) is 1.00. The second kappa shape index (κ2) is 11.1. The Morgan fingerprint density at radius 3 is 1.33 bits per heavy atom. The van der Waals surface area contributed by atoms with Gasteiger partial charge in [0.1, 0.15) is 0 Å². The summed E-state index contributed by atoms with van der Waals surface area (Å²) in [6.45, 7) is 6.65. The highest BCUT2D eigenvalue weighted by Crippen LogP contribution is 2.05. The quantitative estimate of drug-likeness (QED) is 0.573. The normalized spacial score (nSPS) is 24.0. The zero-order valence-corrected chi connectivity index (χ0v) is 11.0. The Hall–Kier alpha value is 0.580. The standard InChI is InChI=1S/C10H23N3S2/c1-3-12-5-7-14-9-10-15-8-6-13-4-2-11-1/h11-13H,1-10H2. The summed E-state index contributed by atoms with van der Waals surface area (Å²) < 4.78 is 0. The molecule has 1 aliphatic heterocycles. The molecule has 3 N–H and O–H groups in total. The van der Waals surface area contributed by atoms with Crippen LogP contribution in [-0.2, 0) is 0 Å². The molecule has 1 heterocycles. The number of rotatable bonds is 0. The van der Waals surface area contributed by atoms with Gasteiger partial charge in [0.05, 0.1) is 0 Å². The Labute approximate surface area is 102 Å². The lowest BCUT2D eigenvalue weighted by Gasteiger charge is -2.06. The van der Waals surface area contributed by atoms with Gasteiger partial charge in [-0.15, -0.1) is 0 Å². The molecule has 0 aromatic heterocycles. The highest BCUT2D eigenvalue weighted by atomic mass is 32.2. The first-order chi connectivity index (χ1) is 7.50. The van der Waals surface area contributed by atoms with E-state index in [4.69, 9.17) is 0 Å². The largest absolute Gasteiger partial charge is 0.315 e. The van der Waals surface area contributed by atoms with E-state index in [1.54, 1.807) is 0 Å². The van der Waals surface area contributed by atoms with Crippen LogP contribution >= 0.6 is 23.5 Å². The minimum atomic E-state index is 1.08. The Morgan fingerprint density at radius 2 is 0.867 bits per heavy atom. The van der Waals surface area contributed by atoms with Gasteiger partial charge in [-0.05, 0) is 0 Å². The van der Waals surface area contributed by atoms with Gasteiger partial charge in [-0.2, -0.15) is 23.5 Å². The van der Waals surface area contributed by atoms with Crippen molar-refractivity contribution in [3.05, 3.63) is 0 Å². The molecule has 1 aliphatic rings. The van der Waals surface area contributed by atoms with Gasteiger partial charge in [0.2, 0.25) is 0 Å². The van der Waals surface area contributed by atoms with Crippen molar-refractivity contribution in [1.29, 1.82) is 0 Å². The molecule has 0 unspecified atom stereocenters. The summed E-state index contributed by atoms with van der Waals surface area (Å²) in [7, 11) is 0. The van der Waals surface area contributed by atoms with E-state index in [0.29, 0.717) is 0 Å². The molecule has 0 bridgehead atoms. The van der Waals surface area contributed by atoms with Crippen LogP contribution in [0.2, 0.25) is 0 Å². The van der Waals surface area contributed by atoms with E-state index >= 15 is 0 Å². The number of hydrogen-bond acceptors (Lipinski definition) is 5. The first kappa shape index (κ1) is 13.6. The first-order valence-electron chi connectivity index (χ1n) is 5.78. The Morgan fingerprint density at radius 1 is 0.467 bits per heavy atom. The molecule has 0 atom stereocenters. The van der Waals surface area contributed by atoms with Gasteiger partial charge in [0.25, 0.3) is 0 Å². The van der Waals surface area contributed by atoms with Crippen LogP contribution in [-0.4, -0.2) is 62.3 Å². The van der Waals surface area contributed by atoms with E-state index in [2.05, 4.69) is 39.5 Å². The van der Waals surface area contributed by atoms with Crippen LogP contribution < -0.4 is 16.0 Å². The summed E-state index contributed by atoms with van der Waals surface area (Å²) in [5.41, 5.74) is 0. The summed E-state index contributed by atoms with van der Waals surface area (Å²) in [6.07, 6.45) is 0. The predicted octanol–water partition coefficient (Wildman–Crippen LogP) is 0.235. The van der Waals surface area contributed by atoms with Crippen LogP contribution in [0, 0.1) is 0 Å². The van der Waals surface area contributed by atoms with Crippen molar-refractivity contribution in [3.8, 4) is 0 Å². The van der Waals surface area contributed by atoms with Gasteiger partial charge in [-0.1, -0.05) is 0 Å². The number of nitrogens with one attached hydrogen (secondary N) is 3. The van der Waals surface area contributed by atoms with Crippen molar-refractivity contribution in [3.63, 3.8) is 0 Å². The fourth-order valence-electron chi connectivity index (χ4n) is 1.34. The fourth-order valence-corrected chi connectivity index (χ4v) is 3.27. The number of thioether (sulfide) groups is 2. The third-order valence-electron chi connectivity index (χ3n) is 2.18. The molecule has 1 saturated heterocycles. The van der Waals surface area contributed by atoms with Gasteiger partial charge < -0.3 is 16.0 Å². The lowest BCUT2D eigenvalue weighted by molar-refractivity contribution is 0.598. The molecule has 0 spiro atoms. The van der Waals surface area contributed by atoms with E-state index in [0.717, 1.165) is 39.3 Å².